The first-order chi connectivity index (χ1) is 7.86. The van der Waals surface area contributed by atoms with Crippen LogP contribution in [-0.4, -0.2) is 10.2 Å². The molecule has 0 aliphatic heterocycles. The summed E-state index contributed by atoms with van der Waals surface area (Å²) in [5.41, 5.74) is 3.13. The van der Waals surface area contributed by atoms with Crippen LogP contribution in [0.25, 0.3) is 0 Å². The fourth-order valence-electron chi connectivity index (χ4n) is 3.36. The molecule has 1 saturated carbocycles. The van der Waals surface area contributed by atoms with E-state index in [4.69, 9.17) is 5.26 Å². The van der Waals surface area contributed by atoms with Gasteiger partial charge in [0.15, 0.2) is 5.69 Å². The molecule has 2 aliphatic rings. The Hall–Kier alpha value is -1.30. The maximum Gasteiger partial charge on any atom is 0.165 e. The smallest absolute Gasteiger partial charge is 0.165 e. The fourth-order valence-corrected chi connectivity index (χ4v) is 3.36. The number of H-pyrrole nitrogens is 1. The van der Waals surface area contributed by atoms with Crippen LogP contribution < -0.4 is 0 Å². The molecule has 3 atom stereocenters. The molecule has 0 bridgehead atoms. The van der Waals surface area contributed by atoms with E-state index in [1.165, 1.54) is 36.9 Å². The predicted molar refractivity (Wildman–Crippen MR) is 60.9 cm³/mol. The average molecular weight is 215 g/mol. The minimum Gasteiger partial charge on any atom is -0.281 e. The van der Waals surface area contributed by atoms with Gasteiger partial charge in [0.05, 0.1) is 0 Å². The Morgan fingerprint density at radius 3 is 3.12 bits per heavy atom. The average Bonchev–Trinajstić information content (AvgIpc) is 2.68. The third-order valence-corrected chi connectivity index (χ3v) is 4.25. The molecular weight excluding hydrogens is 198 g/mol. The molecule has 1 fully saturated rings. The van der Waals surface area contributed by atoms with Crippen molar-refractivity contribution in [1.29, 1.82) is 5.26 Å². The zero-order chi connectivity index (χ0) is 11.1. The van der Waals surface area contributed by atoms with E-state index in [-0.39, 0.29) is 0 Å². The van der Waals surface area contributed by atoms with Gasteiger partial charge < -0.3 is 0 Å². The monoisotopic (exact) mass is 215 g/mol. The molecule has 2 aliphatic carbocycles. The quantitative estimate of drug-likeness (QED) is 0.785. The van der Waals surface area contributed by atoms with Crippen molar-refractivity contribution in [2.45, 2.75) is 44.9 Å². The Bertz CT molecular complexity index is 441. The number of nitriles is 1. The van der Waals surface area contributed by atoms with Crippen molar-refractivity contribution in [3.8, 4) is 6.07 Å². The number of rotatable bonds is 4. The maximum atomic E-state index is 8.90. The van der Waals surface area contributed by atoms with Gasteiger partial charge in [-0.3, -0.25) is 5.10 Å². The van der Waals surface area contributed by atoms with Gasteiger partial charge >= 0.3 is 0 Å². The second-order valence-electron chi connectivity index (χ2n) is 5.13. The summed E-state index contributed by atoms with van der Waals surface area (Å²) < 4.78 is 0. The van der Waals surface area contributed by atoms with Crippen LogP contribution in [0.15, 0.2) is 0 Å². The summed E-state index contributed by atoms with van der Waals surface area (Å²) in [7, 11) is 0. The van der Waals surface area contributed by atoms with Gasteiger partial charge in [0.1, 0.15) is 6.07 Å². The second-order valence-corrected chi connectivity index (χ2v) is 5.13. The Labute approximate surface area is 95.9 Å². The van der Waals surface area contributed by atoms with Crippen LogP contribution in [-0.2, 0) is 6.42 Å². The Balaban J connectivity index is 1.67. The number of unbranched alkanes of at least 4 members (excludes halogenated alkanes) is 2. The first-order valence-electron chi connectivity index (χ1n) is 6.34. The van der Waals surface area contributed by atoms with Crippen LogP contribution in [0.2, 0.25) is 0 Å². The van der Waals surface area contributed by atoms with Gasteiger partial charge in [0.25, 0.3) is 0 Å². The van der Waals surface area contributed by atoms with Crippen molar-refractivity contribution < 1.29 is 0 Å². The van der Waals surface area contributed by atoms with E-state index in [9.17, 15) is 0 Å². The molecule has 0 saturated heterocycles. The molecule has 0 amide bonds. The molecular formula is C13H17N3. The first kappa shape index (κ1) is 9.89. The molecule has 0 unspecified atom stereocenters. The van der Waals surface area contributed by atoms with Crippen LogP contribution in [0, 0.1) is 23.2 Å². The van der Waals surface area contributed by atoms with E-state index >= 15 is 0 Å². The third kappa shape index (κ3) is 1.29. The van der Waals surface area contributed by atoms with E-state index in [0.717, 1.165) is 18.3 Å². The van der Waals surface area contributed by atoms with Crippen LogP contribution in [0.3, 0.4) is 0 Å². The summed E-state index contributed by atoms with van der Waals surface area (Å²) in [5, 5.41) is 16.1. The number of aromatic amines is 1. The number of hydrogen-bond donors (Lipinski definition) is 1. The fraction of sp³-hybridized carbons (Fsp3) is 0.692. The highest BCUT2D eigenvalue weighted by atomic mass is 15.1. The molecule has 0 aromatic carbocycles. The van der Waals surface area contributed by atoms with Crippen LogP contribution >= 0.6 is 0 Å². The first-order valence-corrected chi connectivity index (χ1v) is 6.34. The lowest BCUT2D eigenvalue weighted by molar-refractivity contribution is 0.571. The normalized spacial score (nSPS) is 29.6. The van der Waals surface area contributed by atoms with Gasteiger partial charge in [0, 0.05) is 17.2 Å². The van der Waals surface area contributed by atoms with Gasteiger partial charge in [-0.1, -0.05) is 26.2 Å². The predicted octanol–water partition coefficient (Wildman–Crippen LogP) is 2.75. The molecule has 1 N–H and O–H groups in total. The number of fused-ring (bicyclic) bond motifs is 3. The molecule has 1 aromatic heterocycles. The SMILES string of the molecule is CCCCC[C@H]1[C@@H]2Cc3c(C#N)n[nH]c3[C@H]12. The lowest BCUT2D eigenvalue weighted by atomic mass is 10.0. The summed E-state index contributed by atoms with van der Waals surface area (Å²) >= 11 is 0. The zero-order valence-electron chi connectivity index (χ0n) is 9.66. The van der Waals surface area contributed by atoms with Gasteiger partial charge in [-0.25, -0.2) is 0 Å². The Morgan fingerprint density at radius 1 is 1.50 bits per heavy atom. The molecule has 1 aromatic rings. The van der Waals surface area contributed by atoms with Crippen molar-refractivity contribution in [2.24, 2.45) is 11.8 Å². The van der Waals surface area contributed by atoms with E-state index in [0.29, 0.717) is 11.6 Å². The van der Waals surface area contributed by atoms with E-state index < -0.39 is 0 Å². The molecule has 1 heterocycles. The summed E-state index contributed by atoms with van der Waals surface area (Å²) in [4.78, 5) is 0. The van der Waals surface area contributed by atoms with Crippen molar-refractivity contribution in [3.63, 3.8) is 0 Å². The lowest BCUT2D eigenvalue weighted by Gasteiger charge is -2.02. The van der Waals surface area contributed by atoms with E-state index in [1.807, 2.05) is 0 Å². The molecule has 3 rings (SSSR count). The van der Waals surface area contributed by atoms with Gasteiger partial charge in [0.2, 0.25) is 0 Å². The third-order valence-electron chi connectivity index (χ3n) is 4.25. The van der Waals surface area contributed by atoms with Gasteiger partial charge in [-0.2, -0.15) is 10.4 Å². The zero-order valence-corrected chi connectivity index (χ0v) is 9.66. The largest absolute Gasteiger partial charge is 0.281 e. The van der Waals surface area contributed by atoms with Crippen LogP contribution in [0.5, 0.6) is 0 Å². The highest BCUT2D eigenvalue weighted by molar-refractivity contribution is 5.45. The van der Waals surface area contributed by atoms with Crippen molar-refractivity contribution in [1.82, 2.24) is 10.2 Å². The highest BCUT2D eigenvalue weighted by Crippen LogP contribution is 2.63. The van der Waals surface area contributed by atoms with E-state index in [1.54, 1.807) is 0 Å². The molecule has 0 radical (unpaired) electrons. The highest BCUT2D eigenvalue weighted by Gasteiger charge is 2.56. The van der Waals surface area contributed by atoms with Crippen LogP contribution in [0.1, 0.15) is 55.5 Å². The second kappa shape index (κ2) is 3.62. The number of aromatic nitrogens is 2. The molecule has 0 spiro atoms. The molecule has 3 heteroatoms. The lowest BCUT2D eigenvalue weighted by Crippen LogP contribution is -1.94. The van der Waals surface area contributed by atoms with Gasteiger partial charge in [-0.15, -0.1) is 0 Å². The minimum atomic E-state index is 0.634. The summed E-state index contributed by atoms with van der Waals surface area (Å²) in [6.07, 6.45) is 6.48. The molecule has 16 heavy (non-hydrogen) atoms. The number of nitrogens with zero attached hydrogens (tertiary/aromatic N) is 2. The van der Waals surface area contributed by atoms with E-state index in [2.05, 4.69) is 23.2 Å². The van der Waals surface area contributed by atoms with Crippen molar-refractivity contribution in [2.75, 3.05) is 0 Å². The molecule has 3 nitrogen and oxygen atoms in total. The summed E-state index contributed by atoms with van der Waals surface area (Å²) in [6, 6.07) is 2.17. The van der Waals surface area contributed by atoms with Gasteiger partial charge in [-0.05, 0) is 24.7 Å². The topological polar surface area (TPSA) is 52.5 Å². The summed E-state index contributed by atoms with van der Waals surface area (Å²) in [5.74, 6) is 2.42. The van der Waals surface area contributed by atoms with Crippen molar-refractivity contribution in [3.05, 3.63) is 17.0 Å². The standard InChI is InChI=1S/C13H17N3/c1-2-3-4-5-8-9-6-10-11(7-14)15-16-13(10)12(8)9/h8-9,12H,2-6H2,1H3,(H,15,16)/t8-,9-,12+/m0/s1. The minimum absolute atomic E-state index is 0.634. The number of hydrogen-bond acceptors (Lipinski definition) is 2. The number of nitrogens with one attached hydrogen (secondary N) is 1. The maximum absolute atomic E-state index is 8.90. The Morgan fingerprint density at radius 2 is 2.38 bits per heavy atom. The van der Waals surface area contributed by atoms with Crippen molar-refractivity contribution >= 4 is 0 Å². The Kier molecular flexibility index (Phi) is 2.24. The summed E-state index contributed by atoms with van der Waals surface area (Å²) in [6.45, 7) is 2.25. The molecule has 84 valence electrons. The van der Waals surface area contributed by atoms with Crippen LogP contribution in [0.4, 0.5) is 0 Å².